The Labute approximate surface area is 221 Å². The number of para-hydroxylation sites is 1. The Morgan fingerprint density at radius 3 is 2.65 bits per heavy atom. The highest BCUT2D eigenvalue weighted by Gasteiger charge is 2.24. The van der Waals surface area contributed by atoms with E-state index in [1.54, 1.807) is 12.1 Å². The Balaban J connectivity index is 1.50. The monoisotopic (exact) mass is 620 g/mol. The van der Waals surface area contributed by atoms with Gasteiger partial charge in [-0.25, -0.2) is 5.43 Å². The first-order chi connectivity index (χ1) is 16.4. The van der Waals surface area contributed by atoms with Gasteiger partial charge in [-0.3, -0.25) is 4.79 Å². The van der Waals surface area contributed by atoms with Crippen LogP contribution >= 0.6 is 55.2 Å². The summed E-state index contributed by atoms with van der Waals surface area (Å²) < 4.78 is 3.23. The third kappa shape index (κ3) is 5.87. The second kappa shape index (κ2) is 11.2. The minimum Gasteiger partial charge on any atom is -0.506 e. The smallest absolute Gasteiger partial charge is 0.342 e. The molecule has 0 aliphatic heterocycles. The molecule has 4 rings (SSSR count). The number of hydrogen-bond donors (Lipinski definition) is 3. The summed E-state index contributed by atoms with van der Waals surface area (Å²) >= 11 is 13.9. The molecule has 0 atom stereocenters. The minimum atomic E-state index is -0.314. The van der Waals surface area contributed by atoms with E-state index >= 15 is 0 Å². The van der Waals surface area contributed by atoms with Crippen LogP contribution in [0.25, 0.3) is 17.1 Å². The lowest BCUT2D eigenvalue weighted by Crippen LogP contribution is -2.34. The normalized spacial score (nSPS) is 11.1. The van der Waals surface area contributed by atoms with E-state index in [0.717, 1.165) is 21.5 Å². The molecule has 3 aromatic carbocycles. The summed E-state index contributed by atoms with van der Waals surface area (Å²) in [7, 11) is 0. The lowest BCUT2D eigenvalue weighted by atomic mass is 10.2. The van der Waals surface area contributed by atoms with Gasteiger partial charge < -0.3 is 5.11 Å². The Morgan fingerprint density at radius 2 is 1.91 bits per heavy atom. The molecule has 3 N–H and O–H groups in total. The number of nitrogens with zero attached hydrogens (tertiary/aromatic N) is 3. The Kier molecular flexibility index (Phi) is 8.04. The second-order valence-corrected chi connectivity index (χ2v) is 10.1. The van der Waals surface area contributed by atoms with E-state index in [-0.39, 0.29) is 17.4 Å². The number of amides is 1. The number of halogens is 3. The van der Waals surface area contributed by atoms with Crippen molar-refractivity contribution in [3.05, 3.63) is 86.3 Å². The molecule has 0 bridgehead atoms. The molecule has 0 spiro atoms. The van der Waals surface area contributed by atoms with E-state index in [4.69, 9.17) is 11.6 Å². The van der Waals surface area contributed by atoms with Crippen LogP contribution in [0, 0.1) is 0 Å². The van der Waals surface area contributed by atoms with Gasteiger partial charge in [0.15, 0.2) is 0 Å². The molecular formula is C23H17Br2ClN5O2S+. The number of nitrogens with one attached hydrogen (secondary N) is 2. The first-order valence-corrected chi connectivity index (χ1v) is 12.8. The second-order valence-electron chi connectivity index (χ2n) is 6.94. The van der Waals surface area contributed by atoms with E-state index in [0.29, 0.717) is 20.2 Å². The maximum Gasteiger partial charge on any atom is 0.342 e. The lowest BCUT2D eigenvalue weighted by Gasteiger charge is -2.04. The van der Waals surface area contributed by atoms with Gasteiger partial charge >= 0.3 is 5.16 Å². The van der Waals surface area contributed by atoms with Gasteiger partial charge in [-0.05, 0) is 76.2 Å². The Bertz CT molecular complexity index is 1350. The van der Waals surface area contributed by atoms with Crippen LogP contribution in [0.5, 0.6) is 5.75 Å². The zero-order valence-electron chi connectivity index (χ0n) is 17.4. The number of aromatic nitrogens is 3. The lowest BCUT2D eigenvalue weighted by molar-refractivity contribution is -0.625. The van der Waals surface area contributed by atoms with Crippen LogP contribution in [0.1, 0.15) is 5.56 Å². The van der Waals surface area contributed by atoms with Crippen molar-refractivity contribution in [1.29, 1.82) is 0 Å². The molecule has 0 aliphatic carbocycles. The number of hydrazone groups is 1. The summed E-state index contributed by atoms with van der Waals surface area (Å²) in [5.74, 6) is 0.569. The van der Waals surface area contributed by atoms with Crippen molar-refractivity contribution >= 4 is 67.3 Å². The van der Waals surface area contributed by atoms with Crippen molar-refractivity contribution in [2.75, 3.05) is 5.75 Å². The number of hydrogen-bond acceptors (Lipinski definition) is 5. The first kappa shape index (κ1) is 24.5. The minimum absolute atomic E-state index is 0.0331. The van der Waals surface area contributed by atoms with Gasteiger partial charge in [-0.2, -0.15) is 9.67 Å². The summed E-state index contributed by atoms with van der Waals surface area (Å²) in [4.78, 5) is 12.4. The van der Waals surface area contributed by atoms with Crippen LogP contribution < -0.4 is 9.99 Å². The van der Waals surface area contributed by atoms with Crippen molar-refractivity contribution in [2.45, 2.75) is 5.16 Å². The average Bonchev–Trinajstić information content (AvgIpc) is 3.25. The highest BCUT2D eigenvalue weighted by atomic mass is 79.9. The number of thioether (sulfide) groups is 1. The summed E-state index contributed by atoms with van der Waals surface area (Å²) in [5, 5.41) is 22.8. The third-order valence-electron chi connectivity index (χ3n) is 4.59. The average molecular weight is 623 g/mol. The van der Waals surface area contributed by atoms with Gasteiger partial charge in [0, 0.05) is 15.1 Å². The van der Waals surface area contributed by atoms with Gasteiger partial charge in [0.25, 0.3) is 11.7 Å². The molecule has 7 nitrogen and oxygen atoms in total. The highest BCUT2D eigenvalue weighted by Crippen LogP contribution is 2.30. The predicted molar refractivity (Wildman–Crippen MR) is 141 cm³/mol. The summed E-state index contributed by atoms with van der Waals surface area (Å²) in [6.45, 7) is 0. The molecule has 1 heterocycles. The number of carbonyl (C=O) groups excluding carboxylic acids is 1. The number of aromatic amines is 1. The van der Waals surface area contributed by atoms with Crippen molar-refractivity contribution in [1.82, 2.24) is 15.6 Å². The molecule has 34 heavy (non-hydrogen) atoms. The summed E-state index contributed by atoms with van der Waals surface area (Å²) in [5.41, 5.74) is 4.74. The molecule has 0 aliphatic rings. The van der Waals surface area contributed by atoms with Crippen LogP contribution in [0.3, 0.4) is 0 Å². The fourth-order valence-corrected chi connectivity index (χ4v) is 5.18. The number of phenols is 1. The van der Waals surface area contributed by atoms with Crippen molar-refractivity contribution < 1.29 is 14.5 Å². The highest BCUT2D eigenvalue weighted by molar-refractivity contribution is 9.11. The summed E-state index contributed by atoms with van der Waals surface area (Å²) in [6, 6.07) is 20.6. The van der Waals surface area contributed by atoms with Gasteiger partial charge in [-0.15, -0.1) is 5.10 Å². The SMILES string of the molecule is O=C(CSc1n[nH]c(-c2ccc(Cl)cc2)[n+]1-c1ccccc1)NN=Cc1cc(Br)cc(Br)c1O. The maximum atomic E-state index is 12.4. The third-order valence-corrected chi connectivity index (χ3v) is 6.84. The Hall–Kier alpha value is -2.66. The van der Waals surface area contributed by atoms with Gasteiger partial charge in [-0.1, -0.05) is 45.7 Å². The molecule has 4 aromatic rings. The zero-order chi connectivity index (χ0) is 24.1. The molecule has 0 unspecified atom stereocenters. The molecule has 0 saturated carbocycles. The van der Waals surface area contributed by atoms with Crippen LogP contribution in [0.2, 0.25) is 5.02 Å². The topological polar surface area (TPSA) is 94.3 Å². The maximum absolute atomic E-state index is 12.4. The quantitative estimate of drug-likeness (QED) is 0.110. The van der Waals surface area contributed by atoms with Crippen LogP contribution in [0.15, 0.2) is 85.9 Å². The van der Waals surface area contributed by atoms with Crippen LogP contribution in [-0.2, 0) is 4.79 Å². The molecule has 0 fully saturated rings. The number of phenolic OH excluding ortho intramolecular Hbond substituents is 1. The molecular weight excluding hydrogens is 606 g/mol. The first-order valence-electron chi connectivity index (χ1n) is 9.87. The zero-order valence-corrected chi connectivity index (χ0v) is 22.1. The number of aromatic hydroxyl groups is 1. The largest absolute Gasteiger partial charge is 0.506 e. The fourth-order valence-electron chi connectivity index (χ4n) is 3.03. The van der Waals surface area contributed by atoms with Crippen LogP contribution in [-0.4, -0.2) is 33.2 Å². The van der Waals surface area contributed by atoms with Crippen molar-refractivity contribution in [3.8, 4) is 22.8 Å². The molecule has 11 heteroatoms. The van der Waals surface area contributed by atoms with Gasteiger partial charge in [0.2, 0.25) is 0 Å². The van der Waals surface area contributed by atoms with E-state index in [2.05, 4.69) is 52.6 Å². The van der Waals surface area contributed by atoms with Crippen molar-refractivity contribution in [3.63, 3.8) is 0 Å². The summed E-state index contributed by atoms with van der Waals surface area (Å²) in [6.07, 6.45) is 1.38. The Morgan fingerprint density at radius 1 is 1.18 bits per heavy atom. The predicted octanol–water partition coefficient (Wildman–Crippen LogP) is 5.48. The standard InChI is InChI=1S/C23H16Br2ClN5O2S/c24-16-10-15(21(33)19(25)11-16)12-27-28-20(32)13-34-23-30-29-22(14-6-8-17(26)9-7-14)31(23)18-4-2-1-3-5-18/h1-12H,13H2,(H2,27,28,32,33)/p+1. The van der Waals surface area contributed by atoms with Gasteiger partial charge in [0.05, 0.1) is 27.1 Å². The van der Waals surface area contributed by atoms with Crippen LogP contribution in [0.4, 0.5) is 0 Å². The van der Waals surface area contributed by atoms with Crippen molar-refractivity contribution in [2.24, 2.45) is 5.10 Å². The molecule has 1 aromatic heterocycles. The molecule has 0 radical (unpaired) electrons. The van der Waals surface area contributed by atoms with Gasteiger partial charge in [0.1, 0.15) is 11.4 Å². The molecule has 1 amide bonds. The molecule has 0 saturated heterocycles. The van der Waals surface area contributed by atoms with E-state index < -0.39 is 0 Å². The van der Waals surface area contributed by atoms with E-state index in [9.17, 15) is 9.90 Å². The number of H-pyrrole nitrogens is 1. The van der Waals surface area contributed by atoms with E-state index in [1.165, 1.54) is 18.0 Å². The number of benzene rings is 3. The van der Waals surface area contributed by atoms with E-state index in [1.807, 2.05) is 59.2 Å². The fraction of sp³-hybridized carbons (Fsp3) is 0.0435. The number of carbonyl (C=O) groups is 1. The number of rotatable bonds is 7. The molecule has 172 valence electrons.